The van der Waals surface area contributed by atoms with Crippen molar-refractivity contribution in [3.05, 3.63) is 29.3 Å². The fraction of sp³-hybridized carbons (Fsp3) is 0.364. The van der Waals surface area contributed by atoms with Gasteiger partial charge in [-0.25, -0.2) is 35.2 Å². The lowest BCUT2D eigenvalue weighted by Crippen LogP contribution is -2.34. The topological polar surface area (TPSA) is 158 Å². The standard InChI is InChI=1S/C11H16N2O8S3/c1-21-11(14)9-5-4-8(6-10(9)24(12,19)20)7-13(22(2,15)16)23(3,17)18/h4-6H,7H2,1-3H3,(H2,12,19,20). The fourth-order valence-electron chi connectivity index (χ4n) is 1.81. The Kier molecular flexibility index (Phi) is 5.77. The van der Waals surface area contributed by atoms with Gasteiger partial charge in [0, 0.05) is 0 Å². The zero-order valence-corrected chi connectivity index (χ0v) is 15.4. The molecule has 0 bridgehead atoms. The van der Waals surface area contributed by atoms with Gasteiger partial charge in [0.1, 0.15) is 0 Å². The molecule has 136 valence electrons. The van der Waals surface area contributed by atoms with Crippen molar-refractivity contribution < 1.29 is 34.8 Å². The highest BCUT2D eigenvalue weighted by Crippen LogP contribution is 2.20. The van der Waals surface area contributed by atoms with E-state index in [4.69, 9.17) is 5.14 Å². The van der Waals surface area contributed by atoms with E-state index in [0.29, 0.717) is 12.5 Å². The van der Waals surface area contributed by atoms with Crippen molar-refractivity contribution in [1.29, 1.82) is 0 Å². The molecule has 0 unspecified atom stereocenters. The number of benzene rings is 1. The minimum Gasteiger partial charge on any atom is -0.465 e. The molecular formula is C11H16N2O8S3. The minimum atomic E-state index is -4.34. The molecule has 1 aromatic rings. The largest absolute Gasteiger partial charge is 0.465 e. The molecule has 1 rings (SSSR count). The van der Waals surface area contributed by atoms with Crippen LogP contribution in [0.5, 0.6) is 0 Å². The van der Waals surface area contributed by atoms with Crippen molar-refractivity contribution in [1.82, 2.24) is 3.71 Å². The molecule has 0 saturated carbocycles. The van der Waals surface area contributed by atoms with Crippen molar-refractivity contribution in [2.75, 3.05) is 19.6 Å². The lowest BCUT2D eigenvalue weighted by molar-refractivity contribution is 0.0596. The van der Waals surface area contributed by atoms with Gasteiger partial charge in [-0.3, -0.25) is 0 Å². The first-order chi connectivity index (χ1) is 10.7. The Morgan fingerprint density at radius 2 is 1.58 bits per heavy atom. The summed E-state index contributed by atoms with van der Waals surface area (Å²) in [5, 5.41) is 5.04. The van der Waals surface area contributed by atoms with Gasteiger partial charge in [-0.1, -0.05) is 9.78 Å². The van der Waals surface area contributed by atoms with Gasteiger partial charge >= 0.3 is 5.97 Å². The summed E-state index contributed by atoms with van der Waals surface area (Å²) in [4.78, 5) is 11.0. The summed E-state index contributed by atoms with van der Waals surface area (Å²) in [5.74, 6) is -0.964. The summed E-state index contributed by atoms with van der Waals surface area (Å²) in [6.45, 7) is -0.651. The van der Waals surface area contributed by atoms with Crippen LogP contribution in [0.15, 0.2) is 23.1 Å². The number of methoxy groups -OCH3 is 1. The van der Waals surface area contributed by atoms with E-state index in [1.807, 2.05) is 0 Å². The Labute approximate surface area is 140 Å². The number of nitrogens with two attached hydrogens (primary N) is 1. The summed E-state index contributed by atoms with van der Waals surface area (Å²) >= 11 is 0. The molecule has 0 aromatic heterocycles. The van der Waals surface area contributed by atoms with Gasteiger partial charge in [0.2, 0.25) is 30.1 Å². The Hall–Kier alpha value is -1.54. The molecule has 0 amide bonds. The van der Waals surface area contributed by atoms with Crippen LogP contribution in [-0.4, -0.2) is 54.6 Å². The van der Waals surface area contributed by atoms with Crippen LogP contribution in [0.2, 0.25) is 0 Å². The number of esters is 1. The first kappa shape index (κ1) is 20.5. The predicted octanol–water partition coefficient (Wildman–Crippen LogP) is -1.16. The van der Waals surface area contributed by atoms with Gasteiger partial charge in [0.25, 0.3) is 0 Å². The highest BCUT2D eigenvalue weighted by molar-refractivity contribution is 8.03. The van der Waals surface area contributed by atoms with Crippen LogP contribution >= 0.6 is 0 Å². The number of ether oxygens (including phenoxy) is 1. The number of carbonyl (C=O) groups excluding carboxylic acids is 1. The molecule has 0 aliphatic carbocycles. The Morgan fingerprint density at radius 3 is 1.96 bits per heavy atom. The van der Waals surface area contributed by atoms with E-state index >= 15 is 0 Å². The van der Waals surface area contributed by atoms with Gasteiger partial charge in [-0.15, -0.1) is 0 Å². The molecule has 0 aliphatic heterocycles. The summed E-state index contributed by atoms with van der Waals surface area (Å²) in [7, 11) is -11.6. The van der Waals surface area contributed by atoms with Crippen molar-refractivity contribution >= 4 is 36.0 Å². The molecule has 0 fully saturated rings. The van der Waals surface area contributed by atoms with E-state index in [2.05, 4.69) is 4.74 Å². The summed E-state index contributed by atoms with van der Waals surface area (Å²) in [5.41, 5.74) is -0.350. The summed E-state index contributed by atoms with van der Waals surface area (Å²) < 4.78 is 74.3. The number of carbonyl (C=O) groups is 1. The maximum absolute atomic E-state index is 11.6. The lowest BCUT2D eigenvalue weighted by atomic mass is 10.1. The second-order valence-corrected chi connectivity index (χ2v) is 10.4. The second-order valence-electron chi connectivity index (χ2n) is 4.82. The van der Waals surface area contributed by atoms with E-state index in [1.54, 1.807) is 0 Å². The van der Waals surface area contributed by atoms with E-state index in [-0.39, 0.29) is 14.8 Å². The molecule has 0 aliphatic rings. The second kappa shape index (κ2) is 6.76. The van der Waals surface area contributed by atoms with Gasteiger partial charge in [0.05, 0.1) is 36.6 Å². The van der Waals surface area contributed by atoms with Crippen molar-refractivity contribution in [3.63, 3.8) is 0 Å². The third-order valence-electron chi connectivity index (χ3n) is 2.81. The summed E-state index contributed by atoms with van der Waals surface area (Å²) in [6.07, 6.45) is 1.38. The first-order valence-electron chi connectivity index (χ1n) is 6.10. The van der Waals surface area contributed by atoms with E-state index in [0.717, 1.165) is 19.2 Å². The molecule has 0 radical (unpaired) electrons. The molecule has 0 spiro atoms. The van der Waals surface area contributed by atoms with Crippen LogP contribution in [0.1, 0.15) is 15.9 Å². The third kappa shape index (κ3) is 4.98. The van der Waals surface area contributed by atoms with Gasteiger partial charge < -0.3 is 4.74 Å². The SMILES string of the molecule is COC(=O)c1ccc(CN(S(C)(=O)=O)S(C)(=O)=O)cc1S(N)(=O)=O. The third-order valence-corrected chi connectivity index (χ3v) is 7.12. The van der Waals surface area contributed by atoms with Crippen LogP contribution in [-0.2, 0) is 41.4 Å². The highest BCUT2D eigenvalue weighted by atomic mass is 32.3. The molecule has 13 heteroatoms. The lowest BCUT2D eigenvalue weighted by Gasteiger charge is -2.18. The molecule has 0 saturated heterocycles. The fourth-order valence-corrected chi connectivity index (χ4v) is 5.32. The van der Waals surface area contributed by atoms with Crippen molar-refractivity contribution in [2.45, 2.75) is 11.4 Å². The van der Waals surface area contributed by atoms with Crippen LogP contribution < -0.4 is 5.14 Å². The average Bonchev–Trinajstić information content (AvgIpc) is 2.40. The van der Waals surface area contributed by atoms with Gasteiger partial charge in [-0.2, -0.15) is 0 Å². The number of hydrogen-bond donors (Lipinski definition) is 1. The Morgan fingerprint density at radius 1 is 1.08 bits per heavy atom. The van der Waals surface area contributed by atoms with Crippen LogP contribution in [0.4, 0.5) is 0 Å². The minimum absolute atomic E-state index is 0.00234. The quantitative estimate of drug-likeness (QED) is 0.586. The molecule has 0 atom stereocenters. The van der Waals surface area contributed by atoms with Crippen molar-refractivity contribution in [3.8, 4) is 0 Å². The number of primary sulfonamides is 1. The van der Waals surface area contributed by atoms with E-state index in [9.17, 15) is 30.0 Å². The first-order valence-corrected chi connectivity index (χ1v) is 11.3. The highest BCUT2D eigenvalue weighted by Gasteiger charge is 2.28. The molecule has 10 nitrogen and oxygen atoms in total. The molecule has 24 heavy (non-hydrogen) atoms. The van der Waals surface area contributed by atoms with Gasteiger partial charge in [-0.05, 0) is 17.7 Å². The number of hydrogen-bond acceptors (Lipinski definition) is 8. The maximum Gasteiger partial charge on any atom is 0.339 e. The zero-order valence-electron chi connectivity index (χ0n) is 13.0. The smallest absolute Gasteiger partial charge is 0.339 e. The predicted molar refractivity (Wildman–Crippen MR) is 84.4 cm³/mol. The van der Waals surface area contributed by atoms with Crippen LogP contribution in [0.25, 0.3) is 0 Å². The Balaban J connectivity index is 3.51. The average molecular weight is 400 g/mol. The molecule has 0 heterocycles. The molecule has 2 N–H and O–H groups in total. The monoisotopic (exact) mass is 400 g/mol. The summed E-state index contributed by atoms with van der Waals surface area (Å²) in [6, 6.07) is 3.18. The number of sulfonamides is 3. The van der Waals surface area contributed by atoms with Crippen LogP contribution in [0.3, 0.4) is 0 Å². The molecular weight excluding hydrogens is 384 g/mol. The van der Waals surface area contributed by atoms with E-state index < -0.39 is 47.5 Å². The zero-order chi connectivity index (χ0) is 18.9. The van der Waals surface area contributed by atoms with Crippen LogP contribution in [0, 0.1) is 0 Å². The van der Waals surface area contributed by atoms with E-state index in [1.165, 1.54) is 6.07 Å². The number of rotatable bonds is 6. The van der Waals surface area contributed by atoms with Gasteiger partial charge in [0.15, 0.2) is 0 Å². The molecule has 1 aromatic carbocycles. The van der Waals surface area contributed by atoms with Crippen molar-refractivity contribution in [2.24, 2.45) is 5.14 Å². The Bertz CT molecular complexity index is 933. The number of nitrogens with zero attached hydrogens (tertiary/aromatic N) is 1. The maximum atomic E-state index is 11.6. The normalized spacial score (nSPS) is 13.0.